The molecule has 0 aliphatic carbocycles. The maximum atomic E-state index is 12.9. The minimum absolute atomic E-state index is 0.00238. The van der Waals surface area contributed by atoms with E-state index in [1.54, 1.807) is 0 Å². The SMILES string of the molecule is COc1ccc(S(=O)(=O)CCOSOOO)cc1/N=N/c1c(N)ccc2c(O)c(/N=N/c3ccc(S(=O)(=O)CCOSOOO)cc3S(=O)(=O)O)c(SOOO)cc12. The van der Waals surface area contributed by atoms with E-state index in [1.807, 2.05) is 0 Å². The van der Waals surface area contributed by atoms with E-state index < -0.39 is 74.8 Å². The number of methoxy groups -OCH3 is 1. The van der Waals surface area contributed by atoms with Crippen LogP contribution in [0.5, 0.6) is 11.5 Å². The lowest BCUT2D eigenvalue weighted by Crippen LogP contribution is -2.12. The molecule has 31 heteroatoms. The Hall–Kier alpha value is -3.84. The molecule has 25 nitrogen and oxygen atoms in total. The number of nitrogen functional groups attached to an aromatic ring is 1. The van der Waals surface area contributed by atoms with E-state index in [9.17, 15) is 34.9 Å². The monoisotopic (exact) mass is 933 g/mol. The van der Waals surface area contributed by atoms with Crippen LogP contribution in [0.4, 0.5) is 28.4 Å². The lowest BCUT2D eigenvalue weighted by Gasteiger charge is -2.12. The van der Waals surface area contributed by atoms with Crippen molar-refractivity contribution in [2.75, 3.05) is 37.6 Å². The third-order valence-corrected chi connectivity index (χ3v) is 12.7. The molecular weight excluding hydrogens is 907 g/mol. The summed E-state index contributed by atoms with van der Waals surface area (Å²) in [5.74, 6) is -1.78. The van der Waals surface area contributed by atoms with Gasteiger partial charge in [-0.1, -0.05) is 15.1 Å². The number of fused-ring (bicyclic) bond motifs is 1. The van der Waals surface area contributed by atoms with Gasteiger partial charge in [0.1, 0.15) is 33.4 Å². The Morgan fingerprint density at radius 1 is 0.672 bits per heavy atom. The van der Waals surface area contributed by atoms with E-state index in [0.717, 1.165) is 18.2 Å². The first-order valence-electron chi connectivity index (χ1n) is 14.9. The first-order valence-corrected chi connectivity index (χ1v) is 21.7. The number of nitrogens with two attached hydrogens (primary N) is 1. The maximum absolute atomic E-state index is 12.9. The van der Waals surface area contributed by atoms with Crippen LogP contribution >= 0.6 is 36.7 Å². The van der Waals surface area contributed by atoms with Gasteiger partial charge in [0.25, 0.3) is 10.1 Å². The van der Waals surface area contributed by atoms with Crippen LogP contribution in [0.3, 0.4) is 0 Å². The van der Waals surface area contributed by atoms with Crippen molar-refractivity contribution in [1.29, 1.82) is 0 Å². The summed E-state index contributed by atoms with van der Waals surface area (Å²) in [4.78, 5) is -1.94. The molecule has 4 aromatic carbocycles. The van der Waals surface area contributed by atoms with Crippen LogP contribution in [-0.2, 0) is 66.3 Å². The first kappa shape index (κ1) is 46.8. The average Bonchev–Trinajstić information content (AvgIpc) is 3.18. The number of ether oxygens (including phenoxy) is 1. The Labute approximate surface area is 339 Å². The maximum Gasteiger partial charge on any atom is 0.296 e. The largest absolute Gasteiger partial charge is 0.505 e. The van der Waals surface area contributed by atoms with Gasteiger partial charge < -0.3 is 15.6 Å². The highest BCUT2D eigenvalue weighted by Crippen LogP contribution is 2.48. The summed E-state index contributed by atoms with van der Waals surface area (Å²) < 4.78 is 113. The van der Waals surface area contributed by atoms with Gasteiger partial charge in [0, 0.05) is 10.8 Å². The zero-order valence-corrected chi connectivity index (χ0v) is 33.6. The topological polar surface area (TPSA) is 362 Å². The number of rotatable bonds is 23. The van der Waals surface area contributed by atoms with Crippen LogP contribution < -0.4 is 10.5 Å². The molecule has 0 atom stereocenters. The van der Waals surface area contributed by atoms with E-state index in [4.69, 9.17) is 34.6 Å². The van der Waals surface area contributed by atoms with Crippen molar-refractivity contribution in [3.8, 4) is 11.5 Å². The summed E-state index contributed by atoms with van der Waals surface area (Å²) in [5.41, 5.74) is 5.05. The van der Waals surface area contributed by atoms with Crippen molar-refractivity contribution in [2.24, 2.45) is 20.5 Å². The van der Waals surface area contributed by atoms with Crippen LogP contribution in [0, 0.1) is 0 Å². The van der Waals surface area contributed by atoms with Crippen molar-refractivity contribution >= 4 is 106 Å². The van der Waals surface area contributed by atoms with E-state index in [1.165, 1.54) is 37.4 Å². The van der Waals surface area contributed by atoms with Gasteiger partial charge in [-0.05, 0) is 54.6 Å². The number of hydrogen-bond donors (Lipinski definition) is 6. The fourth-order valence-electron chi connectivity index (χ4n) is 4.53. The summed E-state index contributed by atoms with van der Waals surface area (Å²) >= 11 is 0.586. The zero-order valence-electron chi connectivity index (χ0n) is 28.7. The number of sulfone groups is 2. The van der Waals surface area contributed by atoms with E-state index in [2.05, 4.69) is 48.6 Å². The first-order chi connectivity index (χ1) is 27.6. The molecule has 0 aliphatic heterocycles. The molecule has 58 heavy (non-hydrogen) atoms. The minimum atomic E-state index is -5.15. The lowest BCUT2D eigenvalue weighted by atomic mass is 10.1. The van der Waals surface area contributed by atoms with Crippen LogP contribution in [-0.4, -0.2) is 82.5 Å². The fourth-order valence-corrected chi connectivity index (χ4v) is 8.59. The summed E-state index contributed by atoms with van der Waals surface area (Å²) in [5, 5.41) is 62.9. The Balaban J connectivity index is 1.75. The van der Waals surface area contributed by atoms with Crippen LogP contribution in [0.15, 0.2) is 94.6 Å². The van der Waals surface area contributed by atoms with Crippen molar-refractivity contribution in [3.05, 3.63) is 54.6 Å². The summed E-state index contributed by atoms with van der Waals surface area (Å²) in [6.07, 6.45) is 0. The normalized spacial score (nSPS) is 12.6. The molecule has 7 N–H and O–H groups in total. The Morgan fingerprint density at radius 3 is 1.83 bits per heavy atom. The van der Waals surface area contributed by atoms with Crippen molar-refractivity contribution in [2.45, 2.75) is 19.6 Å². The summed E-state index contributed by atoms with van der Waals surface area (Å²) in [7, 11) is -12.1. The number of hydrogen-bond acceptors (Lipinski definition) is 27. The molecule has 4 aromatic rings. The van der Waals surface area contributed by atoms with Crippen molar-refractivity contribution in [1.82, 2.24) is 0 Å². The zero-order chi connectivity index (χ0) is 42.5. The second-order valence-electron chi connectivity index (χ2n) is 10.4. The molecule has 0 spiro atoms. The third kappa shape index (κ3) is 12.3. The molecular formula is C27H27N5O20S6. The number of nitrogens with zero attached hydrogens (tertiary/aromatic N) is 4. The Bertz CT molecular complexity index is 2480. The number of benzene rings is 4. The molecule has 0 fully saturated rings. The molecule has 0 aliphatic rings. The highest BCUT2D eigenvalue weighted by molar-refractivity contribution is 7.94. The fraction of sp³-hybridized carbons (Fsp3) is 0.185. The molecule has 0 aromatic heterocycles. The van der Waals surface area contributed by atoms with Gasteiger partial charge in [-0.25, -0.2) is 32.6 Å². The predicted octanol–water partition coefficient (Wildman–Crippen LogP) is 6.19. The Kier molecular flexibility index (Phi) is 17.3. The van der Waals surface area contributed by atoms with E-state index in [-0.39, 0.29) is 86.7 Å². The molecule has 0 bridgehead atoms. The standard InChI is InChI=1S/C27H27N5O20S6/c1-44-22-7-3-15(56(37,38)10-8-45-54-51-48-35)12-21(22)30-31-25-18-14-23(53-50-47-34)26(27(33)17(18)4-5-19(25)28)32-29-20-6-2-16(13-24(20)58(41,42)43)57(39,40)11-9-46-55-52-49-36/h2-7,12-14,33-36H,8-11,28H2,1H3,(H,41,42,43)/b31-30+,32-29+. The van der Waals surface area contributed by atoms with Crippen molar-refractivity contribution in [3.63, 3.8) is 0 Å². The third-order valence-electron chi connectivity index (χ3n) is 7.07. The number of phenolic OH excluding ortho intramolecular Hbond substituents is 1. The van der Waals surface area contributed by atoms with E-state index >= 15 is 0 Å². The van der Waals surface area contributed by atoms with Gasteiger partial charge in [0.05, 0.1) is 64.2 Å². The van der Waals surface area contributed by atoms with Gasteiger partial charge in [-0.15, -0.1) is 33.5 Å². The highest BCUT2D eigenvalue weighted by Gasteiger charge is 2.24. The van der Waals surface area contributed by atoms with Gasteiger partial charge in [0.15, 0.2) is 50.1 Å². The molecule has 0 amide bonds. The lowest BCUT2D eigenvalue weighted by molar-refractivity contribution is -0.434. The van der Waals surface area contributed by atoms with E-state index in [0.29, 0.717) is 6.07 Å². The number of azo groups is 2. The predicted molar refractivity (Wildman–Crippen MR) is 199 cm³/mol. The van der Waals surface area contributed by atoms with Gasteiger partial charge >= 0.3 is 0 Å². The molecule has 0 unspecified atom stereocenters. The highest BCUT2D eigenvalue weighted by atomic mass is 32.2. The number of phenols is 1. The minimum Gasteiger partial charge on any atom is -0.505 e. The number of aromatic hydroxyl groups is 1. The van der Waals surface area contributed by atoms with Gasteiger partial charge in [-0.3, -0.25) is 12.9 Å². The summed E-state index contributed by atoms with van der Waals surface area (Å²) in [6.45, 7) is -0.865. The van der Waals surface area contributed by atoms with Gasteiger partial charge in [0.2, 0.25) is 0 Å². The molecule has 316 valence electrons. The average molecular weight is 934 g/mol. The smallest absolute Gasteiger partial charge is 0.296 e. The van der Waals surface area contributed by atoms with Crippen molar-refractivity contribution < 1.29 is 91.9 Å². The summed E-state index contributed by atoms with van der Waals surface area (Å²) in [6, 6.07) is 10.1. The van der Waals surface area contributed by atoms with Crippen LogP contribution in [0.25, 0.3) is 10.8 Å². The second-order valence-corrected chi connectivity index (χ2v) is 17.8. The van der Waals surface area contributed by atoms with Crippen LogP contribution in [0.1, 0.15) is 0 Å². The van der Waals surface area contributed by atoms with Gasteiger partial charge in [-0.2, -0.15) is 8.42 Å². The molecule has 0 radical (unpaired) electrons. The molecule has 0 saturated heterocycles. The molecule has 0 saturated carbocycles. The van der Waals surface area contributed by atoms with Crippen LogP contribution in [0.2, 0.25) is 0 Å². The molecule has 0 heterocycles. The number of anilines is 1. The Morgan fingerprint density at radius 2 is 1.24 bits per heavy atom. The second kappa shape index (κ2) is 21.4. The molecule has 4 rings (SSSR count). The quantitative estimate of drug-likeness (QED) is 0.00917.